The van der Waals surface area contributed by atoms with Crippen LogP contribution in [0.5, 0.6) is 0 Å². The summed E-state index contributed by atoms with van der Waals surface area (Å²) in [5.74, 6) is 0. The van der Waals surface area contributed by atoms with Crippen LogP contribution < -0.4 is 9.47 Å². The van der Waals surface area contributed by atoms with Gasteiger partial charge < -0.3 is 4.90 Å². The van der Waals surface area contributed by atoms with E-state index in [-0.39, 0.29) is 0 Å². The monoisotopic (exact) mass is 366 g/mol. The average Bonchev–Trinajstić information content (AvgIpc) is 3.10. The highest BCUT2D eigenvalue weighted by Crippen LogP contribution is 2.30. The molecule has 0 unspecified atom stereocenters. The van der Waals surface area contributed by atoms with Crippen molar-refractivity contribution in [3.63, 3.8) is 0 Å². The van der Waals surface area contributed by atoms with E-state index in [1.807, 2.05) is 11.3 Å². The molecule has 3 nitrogen and oxygen atoms in total. The van der Waals surface area contributed by atoms with E-state index in [1.54, 1.807) is 11.3 Å². The molecule has 0 aliphatic heterocycles. The van der Waals surface area contributed by atoms with Gasteiger partial charge in [-0.05, 0) is 36.8 Å². The number of anilines is 1. The van der Waals surface area contributed by atoms with Gasteiger partial charge in [0.05, 0.1) is 15.2 Å². The van der Waals surface area contributed by atoms with Crippen molar-refractivity contribution < 1.29 is 4.57 Å². The largest absolute Gasteiger partial charge is 0.378 e. The van der Waals surface area contributed by atoms with Gasteiger partial charge in [0.25, 0.3) is 5.01 Å². The molecule has 2 aromatic heterocycles. The Bertz CT molecular complexity index is 1090. The van der Waals surface area contributed by atoms with E-state index in [4.69, 9.17) is 0 Å². The summed E-state index contributed by atoms with van der Waals surface area (Å²) in [7, 11) is 6.24. The number of fused-ring (bicyclic) bond motifs is 2. The van der Waals surface area contributed by atoms with Gasteiger partial charge in [-0.15, -0.1) is 11.3 Å². The van der Waals surface area contributed by atoms with Crippen molar-refractivity contribution >= 4 is 60.9 Å². The zero-order valence-corrected chi connectivity index (χ0v) is 16.4. The Balaban J connectivity index is 1.70. The summed E-state index contributed by atoms with van der Waals surface area (Å²) in [6.45, 7) is 2.06. The van der Waals surface area contributed by atoms with E-state index >= 15 is 0 Å². The number of benzene rings is 2. The molecule has 25 heavy (non-hydrogen) atoms. The van der Waals surface area contributed by atoms with Crippen LogP contribution in [0.2, 0.25) is 0 Å². The first-order chi connectivity index (χ1) is 12.0. The SMILES string of the molecule is Cc1nc2cc3c(cc2s1)sc(/C=C/c1ccc(N(C)C)cc1)[n+]3C. The number of nitrogens with zero attached hydrogens (tertiary/aromatic N) is 3. The molecule has 2 heterocycles. The molecule has 0 saturated carbocycles. The van der Waals surface area contributed by atoms with Gasteiger partial charge in [0.15, 0.2) is 0 Å². The molecule has 0 spiro atoms. The van der Waals surface area contributed by atoms with Gasteiger partial charge in [0.1, 0.15) is 11.7 Å². The van der Waals surface area contributed by atoms with Crippen LogP contribution in [0.3, 0.4) is 0 Å². The molecule has 0 fully saturated rings. The molecule has 0 saturated heterocycles. The molecular formula is C20H20N3S2+. The summed E-state index contributed by atoms with van der Waals surface area (Å²) in [5.41, 5.74) is 4.76. The summed E-state index contributed by atoms with van der Waals surface area (Å²) in [5, 5.41) is 2.36. The molecule has 5 heteroatoms. The Morgan fingerprint density at radius 3 is 2.48 bits per heavy atom. The number of rotatable bonds is 3. The zero-order valence-electron chi connectivity index (χ0n) is 14.8. The fourth-order valence-corrected chi connectivity index (χ4v) is 4.90. The van der Waals surface area contributed by atoms with Gasteiger partial charge in [-0.3, -0.25) is 0 Å². The smallest absolute Gasteiger partial charge is 0.262 e. The molecule has 0 radical (unpaired) electrons. The molecule has 4 aromatic rings. The standard InChI is InChI=1S/C20H20N3S2/c1-13-21-16-11-17-19(12-18(16)24-13)25-20(23(17)4)10-7-14-5-8-15(9-6-14)22(2)3/h5-12H,1-4H3/q+1. The van der Waals surface area contributed by atoms with Gasteiger partial charge in [-0.1, -0.05) is 23.5 Å². The predicted octanol–water partition coefficient (Wildman–Crippen LogP) is 4.88. The second-order valence-electron chi connectivity index (χ2n) is 6.34. The highest BCUT2D eigenvalue weighted by Gasteiger charge is 2.16. The topological polar surface area (TPSA) is 20.0 Å². The van der Waals surface area contributed by atoms with Crippen LogP contribution in [0.4, 0.5) is 5.69 Å². The maximum absolute atomic E-state index is 4.62. The average molecular weight is 367 g/mol. The van der Waals surface area contributed by atoms with Crippen molar-refractivity contribution in [3.05, 3.63) is 52.0 Å². The van der Waals surface area contributed by atoms with E-state index in [9.17, 15) is 0 Å². The van der Waals surface area contributed by atoms with Crippen molar-refractivity contribution in [1.29, 1.82) is 0 Å². The quantitative estimate of drug-likeness (QED) is 0.482. The maximum Gasteiger partial charge on any atom is 0.262 e. The number of hydrogen-bond acceptors (Lipinski definition) is 4. The van der Waals surface area contributed by atoms with Crippen molar-refractivity contribution in [3.8, 4) is 0 Å². The van der Waals surface area contributed by atoms with Gasteiger partial charge in [-0.25, -0.2) is 4.98 Å². The molecule has 0 aliphatic carbocycles. The van der Waals surface area contributed by atoms with E-state index in [2.05, 4.69) is 91.1 Å². The van der Waals surface area contributed by atoms with Crippen molar-refractivity contribution in [2.24, 2.45) is 7.05 Å². The second kappa shape index (κ2) is 6.24. The van der Waals surface area contributed by atoms with E-state index in [0.29, 0.717) is 0 Å². The Kier molecular flexibility index (Phi) is 4.06. The van der Waals surface area contributed by atoms with Crippen LogP contribution >= 0.6 is 22.7 Å². The van der Waals surface area contributed by atoms with Crippen LogP contribution in [-0.2, 0) is 7.05 Å². The normalized spacial score (nSPS) is 11.8. The van der Waals surface area contributed by atoms with Crippen LogP contribution in [-0.4, -0.2) is 19.1 Å². The minimum Gasteiger partial charge on any atom is -0.378 e. The highest BCUT2D eigenvalue weighted by atomic mass is 32.1. The first-order valence-electron chi connectivity index (χ1n) is 8.16. The first-order valence-corrected chi connectivity index (χ1v) is 9.80. The molecule has 0 aliphatic rings. The van der Waals surface area contributed by atoms with Gasteiger partial charge in [0.2, 0.25) is 5.52 Å². The molecule has 2 aromatic carbocycles. The van der Waals surface area contributed by atoms with Crippen LogP contribution in [0.1, 0.15) is 15.6 Å². The summed E-state index contributed by atoms with van der Waals surface area (Å²) in [6, 6.07) is 13.1. The Morgan fingerprint density at radius 2 is 1.76 bits per heavy atom. The maximum atomic E-state index is 4.62. The van der Waals surface area contributed by atoms with Crippen LogP contribution in [0, 0.1) is 6.92 Å². The molecule has 0 amide bonds. The molecule has 4 rings (SSSR count). The first kappa shape index (κ1) is 16.2. The number of aromatic nitrogens is 2. The second-order valence-corrected chi connectivity index (χ2v) is 8.64. The predicted molar refractivity (Wildman–Crippen MR) is 111 cm³/mol. The van der Waals surface area contributed by atoms with Crippen molar-refractivity contribution in [1.82, 2.24) is 4.98 Å². The summed E-state index contributed by atoms with van der Waals surface area (Å²) in [4.78, 5) is 6.73. The molecule has 0 bridgehead atoms. The van der Waals surface area contributed by atoms with Crippen LogP contribution in [0.15, 0.2) is 36.4 Å². The minimum atomic E-state index is 1.10. The molecule has 0 atom stereocenters. The summed E-state index contributed by atoms with van der Waals surface area (Å²) >= 11 is 3.58. The third-order valence-corrected chi connectivity index (χ3v) is 6.41. The zero-order chi connectivity index (χ0) is 17.6. The Hall–Kier alpha value is -2.24. The number of hydrogen-bond donors (Lipinski definition) is 0. The molecular weight excluding hydrogens is 346 g/mol. The fraction of sp³-hybridized carbons (Fsp3) is 0.200. The minimum absolute atomic E-state index is 1.10. The Labute approximate surface area is 155 Å². The van der Waals surface area contributed by atoms with E-state index in [1.165, 1.54) is 31.2 Å². The summed E-state index contributed by atoms with van der Waals surface area (Å²) < 4.78 is 4.82. The molecule has 0 N–H and O–H groups in total. The summed E-state index contributed by atoms with van der Waals surface area (Å²) in [6.07, 6.45) is 4.37. The lowest BCUT2D eigenvalue weighted by Crippen LogP contribution is -2.28. The number of thiazole rings is 2. The fourth-order valence-electron chi connectivity index (χ4n) is 2.90. The van der Waals surface area contributed by atoms with Gasteiger partial charge >= 0.3 is 0 Å². The van der Waals surface area contributed by atoms with E-state index < -0.39 is 0 Å². The van der Waals surface area contributed by atoms with E-state index in [0.717, 1.165) is 10.5 Å². The lowest BCUT2D eigenvalue weighted by atomic mass is 10.2. The van der Waals surface area contributed by atoms with Crippen molar-refractivity contribution in [2.45, 2.75) is 6.92 Å². The van der Waals surface area contributed by atoms with Crippen LogP contribution in [0.25, 0.3) is 32.6 Å². The number of aryl methyl sites for hydroxylation is 2. The van der Waals surface area contributed by atoms with Gasteiger partial charge in [-0.2, -0.15) is 4.57 Å². The lowest BCUT2D eigenvalue weighted by Gasteiger charge is -2.11. The third-order valence-electron chi connectivity index (χ3n) is 4.31. The lowest BCUT2D eigenvalue weighted by molar-refractivity contribution is -0.642. The van der Waals surface area contributed by atoms with Crippen molar-refractivity contribution in [2.75, 3.05) is 19.0 Å². The van der Waals surface area contributed by atoms with Gasteiger partial charge in [0, 0.05) is 31.9 Å². The third kappa shape index (κ3) is 3.05. The molecule has 126 valence electrons. The highest BCUT2D eigenvalue weighted by molar-refractivity contribution is 7.20. The Morgan fingerprint density at radius 1 is 1.00 bits per heavy atom.